The number of likely N-dealkylation sites (N-methyl/N-ethyl adjacent to an activating group) is 1. The van der Waals surface area contributed by atoms with Crippen LogP contribution in [0, 0.1) is 11.8 Å². The molecule has 0 bridgehead atoms. The van der Waals surface area contributed by atoms with Gasteiger partial charge in [0.25, 0.3) is 0 Å². The Balaban J connectivity index is 1.52. The molecule has 28 heavy (non-hydrogen) atoms. The summed E-state index contributed by atoms with van der Waals surface area (Å²) in [4.78, 5) is 20.1. The molecule has 1 saturated heterocycles. The predicted octanol–water partition coefficient (Wildman–Crippen LogP) is 3.65. The molecule has 0 saturated carbocycles. The lowest BCUT2D eigenvalue weighted by molar-refractivity contribution is -0.138. The van der Waals surface area contributed by atoms with Crippen molar-refractivity contribution in [2.45, 2.75) is 38.6 Å². The lowest BCUT2D eigenvalue weighted by atomic mass is 9.91. The molecule has 0 N–H and O–H groups in total. The summed E-state index contributed by atoms with van der Waals surface area (Å²) in [6.07, 6.45) is 10.5. The summed E-state index contributed by atoms with van der Waals surface area (Å²) in [6.45, 7) is 5.79. The van der Waals surface area contributed by atoms with E-state index < -0.39 is 0 Å². The van der Waals surface area contributed by atoms with E-state index in [1.165, 1.54) is 31.4 Å². The van der Waals surface area contributed by atoms with E-state index in [0.717, 1.165) is 51.5 Å². The molecule has 1 aliphatic carbocycles. The third-order valence-electron chi connectivity index (χ3n) is 6.18. The fourth-order valence-corrected chi connectivity index (χ4v) is 4.40. The Morgan fingerprint density at radius 3 is 2.43 bits per heavy atom. The number of rotatable bonds is 8. The van der Waals surface area contributed by atoms with E-state index in [0.29, 0.717) is 5.91 Å². The molecule has 0 aromatic heterocycles. The summed E-state index contributed by atoms with van der Waals surface area (Å²) < 4.78 is 0. The van der Waals surface area contributed by atoms with Gasteiger partial charge in [-0.15, -0.1) is 0 Å². The molecule has 2 aliphatic rings. The molecule has 1 amide bonds. The average Bonchev–Trinajstić information content (AvgIpc) is 2.72. The van der Waals surface area contributed by atoms with Gasteiger partial charge in [0.2, 0.25) is 5.91 Å². The normalized spacial score (nSPS) is 21.2. The molecule has 4 nitrogen and oxygen atoms in total. The van der Waals surface area contributed by atoms with Crippen molar-refractivity contribution >= 4 is 5.91 Å². The molecule has 3 rings (SSSR count). The molecule has 1 fully saturated rings. The van der Waals surface area contributed by atoms with Crippen molar-refractivity contribution in [2.24, 2.45) is 11.8 Å². The maximum Gasteiger partial charge on any atom is 0.226 e. The predicted molar refractivity (Wildman–Crippen MR) is 116 cm³/mol. The SMILES string of the molecule is CN(C)CCN(Cc1ccccc1)C(=O)C1CCN(C[C@@H]2CC=CCC2)CC1. The zero-order valence-electron chi connectivity index (χ0n) is 17.7. The van der Waals surface area contributed by atoms with E-state index in [-0.39, 0.29) is 5.92 Å². The quantitative estimate of drug-likeness (QED) is 0.641. The van der Waals surface area contributed by atoms with Crippen molar-refractivity contribution < 1.29 is 4.79 Å². The summed E-state index contributed by atoms with van der Waals surface area (Å²) in [5, 5.41) is 0. The number of nitrogens with zero attached hydrogens (tertiary/aromatic N) is 3. The topological polar surface area (TPSA) is 26.8 Å². The summed E-state index contributed by atoms with van der Waals surface area (Å²) in [6, 6.07) is 10.4. The first-order valence-corrected chi connectivity index (χ1v) is 11.0. The molecule has 1 aromatic rings. The standard InChI is InChI=1S/C24H37N3O/c1-25(2)17-18-27(20-22-11-7-4-8-12-22)24(28)23-13-15-26(16-14-23)19-21-9-5-3-6-10-21/h3-5,7-8,11-12,21,23H,6,9-10,13-20H2,1-2H3/t21-/m1/s1. The molecule has 0 spiro atoms. The van der Waals surface area contributed by atoms with Gasteiger partial charge in [-0.2, -0.15) is 0 Å². The maximum absolute atomic E-state index is 13.3. The van der Waals surface area contributed by atoms with Crippen LogP contribution in [0.2, 0.25) is 0 Å². The van der Waals surface area contributed by atoms with Gasteiger partial charge >= 0.3 is 0 Å². The lowest BCUT2D eigenvalue weighted by Crippen LogP contribution is -2.45. The van der Waals surface area contributed by atoms with Crippen molar-refractivity contribution in [1.82, 2.24) is 14.7 Å². The smallest absolute Gasteiger partial charge is 0.226 e. The van der Waals surface area contributed by atoms with Gasteiger partial charge in [0.05, 0.1) is 0 Å². The zero-order chi connectivity index (χ0) is 19.8. The Hall–Kier alpha value is -1.65. The molecule has 1 aromatic carbocycles. The van der Waals surface area contributed by atoms with Crippen molar-refractivity contribution in [3.63, 3.8) is 0 Å². The summed E-state index contributed by atoms with van der Waals surface area (Å²) >= 11 is 0. The number of allylic oxidation sites excluding steroid dienone is 2. The number of likely N-dealkylation sites (tertiary alicyclic amines) is 1. The van der Waals surface area contributed by atoms with Crippen LogP contribution in [0.4, 0.5) is 0 Å². The minimum absolute atomic E-state index is 0.188. The Morgan fingerprint density at radius 1 is 1.04 bits per heavy atom. The molecule has 1 heterocycles. The number of amides is 1. The van der Waals surface area contributed by atoms with Crippen LogP contribution in [0.15, 0.2) is 42.5 Å². The molecule has 0 radical (unpaired) electrons. The summed E-state index contributed by atoms with van der Waals surface area (Å²) in [5.74, 6) is 1.35. The van der Waals surface area contributed by atoms with Gasteiger partial charge in [0, 0.05) is 32.1 Å². The van der Waals surface area contributed by atoms with Crippen molar-refractivity contribution in [3.05, 3.63) is 48.0 Å². The van der Waals surface area contributed by atoms with Gasteiger partial charge in [-0.25, -0.2) is 0 Å². The first-order chi connectivity index (χ1) is 13.6. The monoisotopic (exact) mass is 383 g/mol. The second-order valence-electron chi connectivity index (χ2n) is 8.77. The minimum atomic E-state index is 0.188. The highest BCUT2D eigenvalue weighted by Crippen LogP contribution is 2.24. The fourth-order valence-electron chi connectivity index (χ4n) is 4.40. The first-order valence-electron chi connectivity index (χ1n) is 11.0. The van der Waals surface area contributed by atoms with E-state index in [1.54, 1.807) is 0 Å². The zero-order valence-corrected chi connectivity index (χ0v) is 17.7. The Labute approximate surface area is 171 Å². The molecule has 1 aliphatic heterocycles. The largest absolute Gasteiger partial charge is 0.337 e. The number of benzene rings is 1. The van der Waals surface area contributed by atoms with Crippen molar-refractivity contribution in [1.29, 1.82) is 0 Å². The van der Waals surface area contributed by atoms with Crippen LogP contribution in [-0.2, 0) is 11.3 Å². The third-order valence-corrected chi connectivity index (χ3v) is 6.18. The molecule has 1 atom stereocenters. The molecule has 4 heteroatoms. The highest BCUT2D eigenvalue weighted by molar-refractivity contribution is 5.79. The highest BCUT2D eigenvalue weighted by Gasteiger charge is 2.29. The van der Waals surface area contributed by atoms with Gasteiger partial charge in [-0.3, -0.25) is 4.79 Å². The van der Waals surface area contributed by atoms with Crippen LogP contribution in [0.5, 0.6) is 0 Å². The van der Waals surface area contributed by atoms with Crippen LogP contribution in [0.25, 0.3) is 0 Å². The average molecular weight is 384 g/mol. The number of piperidine rings is 1. The molecular formula is C24H37N3O. The van der Waals surface area contributed by atoms with Crippen LogP contribution < -0.4 is 0 Å². The van der Waals surface area contributed by atoms with Crippen LogP contribution in [0.3, 0.4) is 0 Å². The van der Waals surface area contributed by atoms with E-state index in [9.17, 15) is 4.79 Å². The maximum atomic E-state index is 13.3. The molecule has 0 unspecified atom stereocenters. The minimum Gasteiger partial charge on any atom is -0.337 e. The van der Waals surface area contributed by atoms with E-state index in [4.69, 9.17) is 0 Å². The lowest BCUT2D eigenvalue weighted by Gasteiger charge is -2.36. The van der Waals surface area contributed by atoms with E-state index in [1.807, 2.05) is 6.07 Å². The van der Waals surface area contributed by atoms with Crippen LogP contribution in [0.1, 0.15) is 37.7 Å². The number of hydrogen-bond donors (Lipinski definition) is 0. The third kappa shape index (κ3) is 6.46. The first kappa shape index (κ1) is 21.1. The highest BCUT2D eigenvalue weighted by atomic mass is 16.2. The summed E-state index contributed by atoms with van der Waals surface area (Å²) in [5.41, 5.74) is 1.22. The van der Waals surface area contributed by atoms with Gasteiger partial charge in [-0.05, 0) is 70.8 Å². The molecular weight excluding hydrogens is 346 g/mol. The van der Waals surface area contributed by atoms with E-state index >= 15 is 0 Å². The fraction of sp³-hybridized carbons (Fsp3) is 0.625. The second kappa shape index (κ2) is 10.8. The number of carbonyl (C=O) groups excluding carboxylic acids is 1. The van der Waals surface area contributed by atoms with Gasteiger partial charge in [0.15, 0.2) is 0 Å². The van der Waals surface area contributed by atoms with Crippen LogP contribution in [-0.4, -0.2) is 67.4 Å². The van der Waals surface area contributed by atoms with Gasteiger partial charge in [0.1, 0.15) is 0 Å². The summed E-state index contributed by atoms with van der Waals surface area (Å²) in [7, 11) is 4.15. The van der Waals surface area contributed by atoms with Gasteiger partial charge in [-0.1, -0.05) is 42.5 Å². The second-order valence-corrected chi connectivity index (χ2v) is 8.77. The van der Waals surface area contributed by atoms with E-state index in [2.05, 4.69) is 65.2 Å². The number of carbonyl (C=O) groups is 1. The Bertz CT molecular complexity index is 620. The molecule has 154 valence electrons. The van der Waals surface area contributed by atoms with Crippen molar-refractivity contribution in [2.75, 3.05) is 46.8 Å². The van der Waals surface area contributed by atoms with Crippen LogP contribution >= 0.6 is 0 Å². The van der Waals surface area contributed by atoms with Gasteiger partial charge < -0.3 is 14.7 Å². The number of hydrogen-bond acceptors (Lipinski definition) is 3. The van der Waals surface area contributed by atoms with Crippen molar-refractivity contribution in [3.8, 4) is 0 Å². The Morgan fingerprint density at radius 2 is 1.79 bits per heavy atom. The Kier molecular flexibility index (Phi) is 8.11.